The Morgan fingerprint density at radius 2 is 1.77 bits per heavy atom. The first-order chi connectivity index (χ1) is 19.0. The molecule has 6 nitrogen and oxygen atoms in total. The van der Waals surface area contributed by atoms with Crippen LogP contribution in [0.15, 0.2) is 72.8 Å². The van der Waals surface area contributed by atoms with E-state index in [1.807, 2.05) is 24.3 Å². The molecule has 202 valence electrons. The lowest BCUT2D eigenvalue weighted by Gasteiger charge is -2.50. The maximum Gasteiger partial charge on any atom is 0.256 e. The van der Waals surface area contributed by atoms with Gasteiger partial charge in [-0.25, -0.2) is 4.39 Å². The molecule has 1 N–H and O–H groups in total. The van der Waals surface area contributed by atoms with Crippen molar-refractivity contribution in [3.8, 4) is 5.75 Å². The van der Waals surface area contributed by atoms with Gasteiger partial charge in [0.25, 0.3) is 5.91 Å². The molecule has 2 aliphatic heterocycles. The van der Waals surface area contributed by atoms with Crippen LogP contribution in [-0.2, 0) is 19.0 Å². The lowest BCUT2D eigenvalue weighted by Crippen LogP contribution is -2.54. The van der Waals surface area contributed by atoms with Crippen molar-refractivity contribution in [2.75, 3.05) is 33.4 Å². The van der Waals surface area contributed by atoms with Gasteiger partial charge in [-0.05, 0) is 48.2 Å². The molecule has 3 heterocycles. The first kappa shape index (κ1) is 25.6. The number of ether oxygens (including phenoxy) is 1. The summed E-state index contributed by atoms with van der Waals surface area (Å²) >= 11 is 0. The third-order valence-corrected chi connectivity index (χ3v) is 8.76. The summed E-state index contributed by atoms with van der Waals surface area (Å²) in [7, 11) is 3.74. The van der Waals surface area contributed by atoms with Crippen LogP contribution in [0.4, 0.5) is 4.39 Å². The number of methoxy groups -OCH3 is 1. The average Bonchev–Trinajstić information content (AvgIpc) is 3.26. The molecule has 1 atom stereocenters. The van der Waals surface area contributed by atoms with Crippen LogP contribution in [0.5, 0.6) is 5.75 Å². The Labute approximate surface area is 228 Å². The smallest absolute Gasteiger partial charge is 0.256 e. The molecule has 2 aliphatic rings. The molecule has 3 aromatic carbocycles. The number of aryl methyl sites for hydroxylation is 1. The van der Waals surface area contributed by atoms with E-state index in [0.717, 1.165) is 42.9 Å². The summed E-state index contributed by atoms with van der Waals surface area (Å²) in [6.45, 7) is 2.59. The summed E-state index contributed by atoms with van der Waals surface area (Å²) in [5.74, 6) is 0.0584. The number of rotatable bonds is 5. The Morgan fingerprint density at radius 1 is 1.05 bits per heavy atom. The number of carbonyl (C=O) groups is 1. The molecule has 0 unspecified atom stereocenters. The van der Waals surface area contributed by atoms with Gasteiger partial charge in [0.15, 0.2) is 0 Å². The van der Waals surface area contributed by atoms with Crippen LogP contribution in [0.25, 0.3) is 10.9 Å². The van der Waals surface area contributed by atoms with E-state index in [1.165, 1.54) is 22.6 Å². The second-order valence-electron chi connectivity index (χ2n) is 10.8. The third kappa shape index (κ3) is 4.30. The standard InChI is InChI=1S/C32H34FN3O3/c1-34-27-18-23(39-2)12-13-25(27)29-30(34)28(20-37)36(19-22-8-4-3-5-9-22)21-32(29)14-16-35(17-15-32)31(38)24-10-6-7-11-26(24)33/h3-13,18,28,37H,14-17,19-21H2,1-2H3/t28-/m1/s1. The van der Waals surface area contributed by atoms with Crippen LogP contribution >= 0.6 is 0 Å². The van der Waals surface area contributed by atoms with Crippen molar-refractivity contribution in [2.24, 2.45) is 7.05 Å². The van der Waals surface area contributed by atoms with E-state index in [0.29, 0.717) is 13.1 Å². The van der Waals surface area contributed by atoms with Crippen molar-refractivity contribution in [2.45, 2.75) is 30.8 Å². The fourth-order valence-corrected chi connectivity index (χ4v) is 6.80. The molecule has 4 aromatic rings. The lowest BCUT2D eigenvalue weighted by molar-refractivity contribution is 0.0372. The van der Waals surface area contributed by atoms with Gasteiger partial charge in [-0.3, -0.25) is 9.69 Å². The molecule has 6 rings (SSSR count). The Balaban J connectivity index is 1.42. The SMILES string of the molecule is COc1ccc2c3c(n(C)c2c1)[C@@H](CO)N(Cc1ccccc1)CC31CCN(C(=O)c2ccccc2F)CC1. The number of fused-ring (bicyclic) bond motifs is 4. The summed E-state index contributed by atoms with van der Waals surface area (Å²) in [5, 5.41) is 11.9. The van der Waals surface area contributed by atoms with Crippen LogP contribution in [0.2, 0.25) is 0 Å². The second kappa shape index (κ2) is 10.1. The molecule has 1 fully saturated rings. The first-order valence-corrected chi connectivity index (χ1v) is 13.6. The van der Waals surface area contributed by atoms with Crippen molar-refractivity contribution in [1.82, 2.24) is 14.4 Å². The fourth-order valence-electron chi connectivity index (χ4n) is 6.80. The minimum absolute atomic E-state index is 0.00903. The Morgan fingerprint density at radius 3 is 2.46 bits per heavy atom. The number of aliphatic hydroxyl groups excluding tert-OH is 1. The Kier molecular flexibility index (Phi) is 6.65. The van der Waals surface area contributed by atoms with Crippen molar-refractivity contribution >= 4 is 16.8 Å². The molecule has 0 radical (unpaired) electrons. The second-order valence-corrected chi connectivity index (χ2v) is 10.8. The van der Waals surface area contributed by atoms with E-state index >= 15 is 0 Å². The molecule has 39 heavy (non-hydrogen) atoms. The zero-order chi connectivity index (χ0) is 27.1. The number of nitrogens with zero attached hydrogens (tertiary/aromatic N) is 3. The highest BCUT2D eigenvalue weighted by molar-refractivity contribution is 5.94. The van der Waals surface area contributed by atoms with E-state index in [4.69, 9.17) is 4.74 Å². The number of hydrogen-bond acceptors (Lipinski definition) is 4. The third-order valence-electron chi connectivity index (χ3n) is 8.76. The molecule has 1 saturated heterocycles. The molecule has 0 aliphatic carbocycles. The molecular formula is C32H34FN3O3. The summed E-state index contributed by atoms with van der Waals surface area (Å²) in [6.07, 6.45) is 1.52. The van der Waals surface area contributed by atoms with Gasteiger partial charge in [-0.15, -0.1) is 0 Å². The van der Waals surface area contributed by atoms with Gasteiger partial charge in [-0.2, -0.15) is 0 Å². The minimum atomic E-state index is -0.481. The van der Waals surface area contributed by atoms with Gasteiger partial charge in [-0.1, -0.05) is 42.5 Å². The molecular weight excluding hydrogens is 493 g/mol. The Bertz CT molecular complexity index is 1510. The molecule has 0 saturated carbocycles. The zero-order valence-corrected chi connectivity index (χ0v) is 22.4. The number of aromatic nitrogens is 1. The molecule has 1 aromatic heterocycles. The highest BCUT2D eigenvalue weighted by Crippen LogP contribution is 2.50. The first-order valence-electron chi connectivity index (χ1n) is 13.6. The van der Waals surface area contributed by atoms with E-state index < -0.39 is 5.82 Å². The van der Waals surface area contributed by atoms with Gasteiger partial charge < -0.3 is 19.3 Å². The monoisotopic (exact) mass is 527 g/mol. The summed E-state index contributed by atoms with van der Waals surface area (Å²) < 4.78 is 22.2. The number of likely N-dealkylation sites (tertiary alicyclic amines) is 1. The summed E-state index contributed by atoms with van der Waals surface area (Å²) in [5.41, 5.74) is 4.57. The van der Waals surface area contributed by atoms with Crippen LogP contribution in [0.3, 0.4) is 0 Å². The number of halogens is 1. The quantitative estimate of drug-likeness (QED) is 0.395. The van der Waals surface area contributed by atoms with Crippen LogP contribution in [0, 0.1) is 5.82 Å². The normalized spacial score (nSPS) is 18.9. The minimum Gasteiger partial charge on any atom is -0.497 e. The van der Waals surface area contributed by atoms with Gasteiger partial charge in [0.1, 0.15) is 11.6 Å². The maximum absolute atomic E-state index is 14.4. The van der Waals surface area contributed by atoms with Crippen molar-refractivity contribution in [1.29, 1.82) is 0 Å². The average molecular weight is 528 g/mol. The van der Waals surface area contributed by atoms with Crippen molar-refractivity contribution < 1.29 is 19.0 Å². The van der Waals surface area contributed by atoms with Crippen LogP contribution < -0.4 is 4.74 Å². The van der Waals surface area contributed by atoms with Crippen LogP contribution in [0.1, 0.15) is 46.1 Å². The predicted octanol–water partition coefficient (Wildman–Crippen LogP) is 5.05. The van der Waals surface area contributed by atoms with Gasteiger partial charge in [0.05, 0.1) is 30.8 Å². The zero-order valence-electron chi connectivity index (χ0n) is 22.4. The maximum atomic E-state index is 14.4. The number of amides is 1. The molecule has 1 spiro atoms. The largest absolute Gasteiger partial charge is 0.497 e. The van der Waals surface area contributed by atoms with Crippen molar-refractivity contribution in [3.05, 3.63) is 101 Å². The van der Waals surface area contributed by atoms with Gasteiger partial charge >= 0.3 is 0 Å². The topological polar surface area (TPSA) is 57.9 Å². The highest BCUT2D eigenvalue weighted by atomic mass is 19.1. The van der Waals surface area contributed by atoms with Crippen molar-refractivity contribution in [3.63, 3.8) is 0 Å². The lowest BCUT2D eigenvalue weighted by atomic mass is 9.68. The molecule has 0 bridgehead atoms. The van der Waals surface area contributed by atoms with E-state index in [-0.39, 0.29) is 29.5 Å². The van der Waals surface area contributed by atoms with E-state index in [2.05, 4.69) is 40.8 Å². The highest BCUT2D eigenvalue weighted by Gasteiger charge is 2.48. The number of aliphatic hydroxyl groups is 1. The summed E-state index contributed by atoms with van der Waals surface area (Å²) in [4.78, 5) is 17.4. The predicted molar refractivity (Wildman–Crippen MR) is 149 cm³/mol. The fraction of sp³-hybridized carbons (Fsp3) is 0.344. The number of carbonyl (C=O) groups excluding carboxylic acids is 1. The molecule has 1 amide bonds. The van der Waals surface area contributed by atoms with E-state index in [9.17, 15) is 14.3 Å². The Hall–Kier alpha value is -3.68. The van der Waals surface area contributed by atoms with Gasteiger partial charge in [0, 0.05) is 55.8 Å². The van der Waals surface area contributed by atoms with E-state index in [1.54, 1.807) is 30.2 Å². The number of piperidine rings is 1. The number of hydrogen-bond donors (Lipinski definition) is 1. The molecule has 7 heteroatoms. The van der Waals surface area contributed by atoms with Gasteiger partial charge in [0.2, 0.25) is 0 Å². The summed E-state index contributed by atoms with van der Waals surface area (Å²) in [6, 6.07) is 22.6. The van der Waals surface area contributed by atoms with Crippen LogP contribution in [-0.4, -0.2) is 58.7 Å². The number of benzene rings is 3.